The molecule has 3 aromatic heterocycles. The molecule has 4 N–H and O–H groups in total. The van der Waals surface area contributed by atoms with Gasteiger partial charge in [0.1, 0.15) is 11.4 Å². The minimum atomic E-state index is -0.284. The van der Waals surface area contributed by atoms with Crippen LogP contribution in [0, 0.1) is 6.92 Å². The van der Waals surface area contributed by atoms with E-state index in [9.17, 15) is 4.79 Å². The number of nitrogen functional groups attached to an aromatic ring is 1. The van der Waals surface area contributed by atoms with Crippen LogP contribution >= 0.6 is 0 Å². The van der Waals surface area contributed by atoms with Crippen molar-refractivity contribution in [3.8, 4) is 11.4 Å². The molecule has 3 heterocycles. The summed E-state index contributed by atoms with van der Waals surface area (Å²) >= 11 is 0. The molecule has 0 radical (unpaired) electrons. The summed E-state index contributed by atoms with van der Waals surface area (Å²) in [6.07, 6.45) is 3.22. The Morgan fingerprint density at radius 2 is 2.00 bits per heavy atom. The number of benzene rings is 1. The van der Waals surface area contributed by atoms with Gasteiger partial charge in [-0.3, -0.25) is 9.78 Å². The quantitative estimate of drug-likeness (QED) is 0.501. The number of hydrogen-bond donors (Lipinski definition) is 3. The molecule has 0 aliphatic carbocycles. The summed E-state index contributed by atoms with van der Waals surface area (Å²) in [5.74, 6) is 0.470. The molecule has 4 aromatic rings. The van der Waals surface area contributed by atoms with Gasteiger partial charge in [-0.05, 0) is 30.7 Å². The summed E-state index contributed by atoms with van der Waals surface area (Å²) in [6.45, 7) is 2.00. The van der Waals surface area contributed by atoms with Gasteiger partial charge in [-0.15, -0.1) is 0 Å². The highest BCUT2D eigenvalue weighted by atomic mass is 16.1. The van der Waals surface area contributed by atoms with E-state index in [1.165, 1.54) is 0 Å². The number of nitrogens with one attached hydrogen (secondary N) is 2. The zero-order valence-corrected chi connectivity index (χ0v) is 11.8. The van der Waals surface area contributed by atoms with Gasteiger partial charge in [0.25, 0.3) is 5.56 Å². The van der Waals surface area contributed by atoms with Crippen LogP contribution in [0.2, 0.25) is 0 Å². The molecule has 0 saturated carbocycles. The van der Waals surface area contributed by atoms with Crippen LogP contribution in [0.5, 0.6) is 0 Å². The number of nitrogens with two attached hydrogens (primary N) is 1. The van der Waals surface area contributed by atoms with Gasteiger partial charge in [-0.1, -0.05) is 6.07 Å². The molecular weight excluding hydrogens is 278 g/mol. The molecule has 0 atom stereocenters. The molecule has 1 aromatic carbocycles. The number of aryl methyl sites for hydroxylation is 1. The number of aromatic amines is 2. The lowest BCUT2D eigenvalue weighted by atomic mass is 10.1. The fraction of sp³-hybridized carbons (Fsp3) is 0.0625. The van der Waals surface area contributed by atoms with Crippen LogP contribution in [0.15, 0.2) is 41.5 Å². The Kier molecular flexibility index (Phi) is 2.53. The third-order valence-corrected chi connectivity index (χ3v) is 3.73. The number of pyridine rings is 2. The highest BCUT2D eigenvalue weighted by Crippen LogP contribution is 2.27. The first kappa shape index (κ1) is 12.6. The maximum atomic E-state index is 12.4. The minimum Gasteiger partial charge on any atom is -0.397 e. The van der Waals surface area contributed by atoms with Crippen molar-refractivity contribution in [3.05, 3.63) is 52.6 Å². The van der Waals surface area contributed by atoms with Gasteiger partial charge in [-0.25, -0.2) is 4.98 Å². The Hall–Kier alpha value is -3.15. The molecule has 22 heavy (non-hydrogen) atoms. The maximum absolute atomic E-state index is 12.4. The number of fused-ring (bicyclic) bond motifs is 2. The van der Waals surface area contributed by atoms with Gasteiger partial charge < -0.3 is 15.7 Å². The molecule has 108 valence electrons. The van der Waals surface area contributed by atoms with Gasteiger partial charge in [0.15, 0.2) is 0 Å². The summed E-state index contributed by atoms with van der Waals surface area (Å²) < 4.78 is 0. The van der Waals surface area contributed by atoms with E-state index in [0.717, 1.165) is 22.0 Å². The molecule has 0 amide bonds. The third kappa shape index (κ3) is 1.77. The van der Waals surface area contributed by atoms with E-state index in [2.05, 4.69) is 19.9 Å². The van der Waals surface area contributed by atoms with Crippen molar-refractivity contribution in [2.24, 2.45) is 0 Å². The average Bonchev–Trinajstić information content (AvgIpc) is 2.89. The number of hydrogen-bond acceptors (Lipinski definition) is 4. The first-order valence-electron chi connectivity index (χ1n) is 6.86. The van der Waals surface area contributed by atoms with Crippen LogP contribution in [-0.4, -0.2) is 19.9 Å². The van der Waals surface area contributed by atoms with E-state index in [-0.39, 0.29) is 5.56 Å². The van der Waals surface area contributed by atoms with Crippen LogP contribution < -0.4 is 11.3 Å². The van der Waals surface area contributed by atoms with Crippen molar-refractivity contribution in [2.75, 3.05) is 5.73 Å². The summed E-state index contributed by atoms with van der Waals surface area (Å²) in [6, 6.07) is 7.66. The summed E-state index contributed by atoms with van der Waals surface area (Å²) in [4.78, 5) is 26.8. The summed E-state index contributed by atoms with van der Waals surface area (Å²) in [5, 5.41) is 0.751. The van der Waals surface area contributed by atoms with Gasteiger partial charge in [0.2, 0.25) is 0 Å². The molecule has 0 saturated heterocycles. The van der Waals surface area contributed by atoms with Crippen molar-refractivity contribution < 1.29 is 0 Å². The van der Waals surface area contributed by atoms with E-state index in [4.69, 9.17) is 5.73 Å². The van der Waals surface area contributed by atoms with Crippen LogP contribution in [0.3, 0.4) is 0 Å². The molecule has 6 nitrogen and oxygen atoms in total. The van der Waals surface area contributed by atoms with Gasteiger partial charge in [0, 0.05) is 11.6 Å². The number of anilines is 1. The Balaban J connectivity index is 2.05. The molecule has 0 spiro atoms. The van der Waals surface area contributed by atoms with E-state index in [1.54, 1.807) is 18.5 Å². The molecule has 6 heteroatoms. The van der Waals surface area contributed by atoms with Gasteiger partial charge >= 0.3 is 0 Å². The zero-order valence-electron chi connectivity index (χ0n) is 11.8. The van der Waals surface area contributed by atoms with Crippen LogP contribution in [0.4, 0.5) is 5.69 Å². The number of nitrogens with zero attached hydrogens (tertiary/aromatic N) is 2. The highest BCUT2D eigenvalue weighted by molar-refractivity contribution is 5.97. The molecule has 0 aliphatic rings. The van der Waals surface area contributed by atoms with Crippen molar-refractivity contribution in [2.45, 2.75) is 6.92 Å². The van der Waals surface area contributed by atoms with Crippen LogP contribution in [0.25, 0.3) is 33.3 Å². The van der Waals surface area contributed by atoms with E-state index >= 15 is 0 Å². The lowest BCUT2D eigenvalue weighted by Gasteiger charge is -2.05. The third-order valence-electron chi connectivity index (χ3n) is 3.73. The molecule has 0 unspecified atom stereocenters. The molecular formula is C16H13N5O. The topological polar surface area (TPSA) is 100 Å². The van der Waals surface area contributed by atoms with E-state index in [1.807, 2.05) is 25.1 Å². The fourth-order valence-electron chi connectivity index (χ4n) is 2.65. The number of aromatic nitrogens is 4. The normalized spacial score (nSPS) is 11.3. The summed E-state index contributed by atoms with van der Waals surface area (Å²) in [7, 11) is 0. The van der Waals surface area contributed by atoms with E-state index < -0.39 is 0 Å². The van der Waals surface area contributed by atoms with Gasteiger partial charge in [0.05, 0.1) is 28.4 Å². The predicted octanol–water partition coefficient (Wildman–Crippen LogP) is 2.36. The second-order valence-electron chi connectivity index (χ2n) is 5.27. The van der Waals surface area contributed by atoms with Gasteiger partial charge in [-0.2, -0.15) is 0 Å². The van der Waals surface area contributed by atoms with Crippen molar-refractivity contribution in [1.29, 1.82) is 0 Å². The Morgan fingerprint density at radius 1 is 1.14 bits per heavy atom. The number of imidazole rings is 1. The Bertz CT molecular complexity index is 1080. The largest absolute Gasteiger partial charge is 0.397 e. The van der Waals surface area contributed by atoms with E-state index in [0.29, 0.717) is 22.6 Å². The maximum Gasteiger partial charge on any atom is 0.261 e. The first-order valence-corrected chi connectivity index (χ1v) is 6.86. The second-order valence-corrected chi connectivity index (χ2v) is 5.27. The molecule has 0 aliphatic heterocycles. The smallest absolute Gasteiger partial charge is 0.261 e. The Morgan fingerprint density at radius 3 is 2.86 bits per heavy atom. The van der Waals surface area contributed by atoms with Crippen molar-refractivity contribution >= 4 is 27.6 Å². The first-order chi connectivity index (χ1) is 10.6. The molecule has 4 rings (SSSR count). The highest BCUT2D eigenvalue weighted by Gasteiger charge is 2.15. The minimum absolute atomic E-state index is 0.284. The lowest BCUT2D eigenvalue weighted by Crippen LogP contribution is -2.13. The molecule has 0 bridgehead atoms. The molecule has 0 fully saturated rings. The second kappa shape index (κ2) is 4.42. The number of H-pyrrole nitrogens is 2. The van der Waals surface area contributed by atoms with Crippen LogP contribution in [0.1, 0.15) is 5.56 Å². The number of rotatable bonds is 1. The van der Waals surface area contributed by atoms with Crippen LogP contribution in [-0.2, 0) is 0 Å². The summed E-state index contributed by atoms with van der Waals surface area (Å²) in [5.41, 5.74) is 10.1. The zero-order chi connectivity index (χ0) is 15.3. The SMILES string of the molecule is Cc1ccc2nc(-c3c(N)c4ccncc4[nH]c3=O)[nH]c2c1. The average molecular weight is 291 g/mol. The Labute approximate surface area is 125 Å². The standard InChI is InChI=1S/C16H13N5O/c1-8-2-3-10-11(6-8)20-15(19-10)13-14(17)9-4-5-18-7-12(9)21-16(13)22/h2-7H,1H3,(H,19,20)(H3,17,21,22). The van der Waals surface area contributed by atoms with Crippen molar-refractivity contribution in [1.82, 2.24) is 19.9 Å². The lowest BCUT2D eigenvalue weighted by molar-refractivity contribution is 1.23. The monoisotopic (exact) mass is 291 g/mol. The van der Waals surface area contributed by atoms with Crippen molar-refractivity contribution in [3.63, 3.8) is 0 Å². The fourth-order valence-corrected chi connectivity index (χ4v) is 2.65. The predicted molar refractivity (Wildman–Crippen MR) is 86.6 cm³/mol.